The van der Waals surface area contributed by atoms with Gasteiger partial charge in [-0.2, -0.15) is 13.2 Å². The Bertz CT molecular complexity index is 361. The molecule has 16 heavy (non-hydrogen) atoms. The first-order valence-electron chi connectivity index (χ1n) is 4.34. The molecule has 0 heterocycles. The first-order valence-corrected chi connectivity index (χ1v) is 4.34. The molecule has 3 N–H and O–H groups in total. The number of urea groups is 1. The Labute approximate surface area is 89.8 Å². The topological polar surface area (TPSA) is 53.2 Å². The molecule has 1 rings (SSSR count). The van der Waals surface area contributed by atoms with E-state index in [1.165, 1.54) is 19.2 Å². The lowest BCUT2D eigenvalue weighted by molar-refractivity contribution is -0.137. The molecule has 2 amide bonds. The minimum Gasteiger partial charge on any atom is -0.340 e. The van der Waals surface area contributed by atoms with E-state index >= 15 is 0 Å². The lowest BCUT2D eigenvalue weighted by atomic mass is 10.2. The zero-order valence-corrected chi connectivity index (χ0v) is 8.35. The van der Waals surface area contributed by atoms with E-state index in [1.54, 1.807) is 0 Å². The Balaban J connectivity index is 2.62. The smallest absolute Gasteiger partial charge is 0.340 e. The number of benzene rings is 1. The molecule has 0 spiro atoms. The highest BCUT2D eigenvalue weighted by atomic mass is 19.4. The average Bonchev–Trinajstić information content (AvgIpc) is 2.25. The maximum Gasteiger partial charge on any atom is 0.416 e. The number of nitrogens with one attached hydrogen (secondary N) is 3. The van der Waals surface area contributed by atoms with Crippen LogP contribution in [0.5, 0.6) is 0 Å². The van der Waals surface area contributed by atoms with E-state index in [9.17, 15) is 18.0 Å². The number of hydrogen-bond donors (Lipinski definition) is 3. The van der Waals surface area contributed by atoms with Gasteiger partial charge in [-0.1, -0.05) is 0 Å². The van der Waals surface area contributed by atoms with Crippen molar-refractivity contribution in [3.8, 4) is 0 Å². The Morgan fingerprint density at radius 1 is 1.19 bits per heavy atom. The lowest BCUT2D eigenvalue weighted by Crippen LogP contribution is -2.36. The number of rotatable bonds is 2. The van der Waals surface area contributed by atoms with Crippen molar-refractivity contribution in [1.82, 2.24) is 10.7 Å². The van der Waals surface area contributed by atoms with Crippen molar-refractivity contribution in [1.29, 1.82) is 0 Å². The summed E-state index contributed by atoms with van der Waals surface area (Å²) in [6, 6.07) is 3.80. The quantitative estimate of drug-likeness (QED) is 0.684. The van der Waals surface area contributed by atoms with E-state index in [1.807, 2.05) is 0 Å². The Morgan fingerprint density at radius 2 is 1.75 bits per heavy atom. The predicted octanol–water partition coefficient (Wildman–Crippen LogP) is 1.96. The molecule has 0 fully saturated rings. The summed E-state index contributed by atoms with van der Waals surface area (Å²) in [6.07, 6.45) is -4.35. The first-order chi connectivity index (χ1) is 7.43. The molecular weight excluding hydrogens is 223 g/mol. The molecule has 7 heteroatoms. The third-order valence-electron chi connectivity index (χ3n) is 1.76. The van der Waals surface area contributed by atoms with Crippen molar-refractivity contribution in [3.63, 3.8) is 0 Å². The van der Waals surface area contributed by atoms with Crippen molar-refractivity contribution in [2.45, 2.75) is 6.18 Å². The number of amides is 2. The third kappa shape index (κ3) is 3.34. The fourth-order valence-corrected chi connectivity index (χ4v) is 0.934. The maximum absolute atomic E-state index is 12.2. The van der Waals surface area contributed by atoms with Crippen LogP contribution in [0.1, 0.15) is 5.56 Å². The number of halogens is 3. The summed E-state index contributed by atoms with van der Waals surface area (Å²) in [4.78, 5) is 10.7. The number of anilines is 1. The van der Waals surface area contributed by atoms with Crippen LogP contribution in [0.15, 0.2) is 24.3 Å². The monoisotopic (exact) mass is 233 g/mol. The molecule has 0 aliphatic rings. The van der Waals surface area contributed by atoms with Crippen molar-refractivity contribution in [2.75, 3.05) is 12.5 Å². The summed E-state index contributed by atoms with van der Waals surface area (Å²) in [5.74, 6) is 0. The highest BCUT2D eigenvalue weighted by Crippen LogP contribution is 2.29. The molecule has 0 aromatic heterocycles. The van der Waals surface area contributed by atoms with Gasteiger partial charge in [0.25, 0.3) is 0 Å². The van der Waals surface area contributed by atoms with Gasteiger partial charge in [0, 0.05) is 7.05 Å². The number of hydrogen-bond acceptors (Lipinski definition) is 2. The van der Waals surface area contributed by atoms with Crippen LogP contribution in [-0.4, -0.2) is 13.1 Å². The minimum absolute atomic E-state index is 0.358. The molecule has 0 saturated carbocycles. The summed E-state index contributed by atoms with van der Waals surface area (Å²) < 4.78 is 36.6. The number of carbonyl (C=O) groups is 1. The van der Waals surface area contributed by atoms with E-state index in [0.29, 0.717) is 5.69 Å². The molecule has 0 unspecified atom stereocenters. The summed E-state index contributed by atoms with van der Waals surface area (Å²) in [7, 11) is 1.42. The zero-order chi connectivity index (χ0) is 12.2. The Morgan fingerprint density at radius 3 is 2.19 bits per heavy atom. The molecule has 4 nitrogen and oxygen atoms in total. The fourth-order valence-electron chi connectivity index (χ4n) is 0.934. The van der Waals surface area contributed by atoms with Crippen molar-refractivity contribution < 1.29 is 18.0 Å². The van der Waals surface area contributed by atoms with E-state index < -0.39 is 17.8 Å². The molecule has 0 radical (unpaired) electrons. The van der Waals surface area contributed by atoms with E-state index in [0.717, 1.165) is 12.1 Å². The lowest BCUT2D eigenvalue weighted by Gasteiger charge is -2.10. The first kappa shape index (κ1) is 12.2. The summed E-state index contributed by atoms with van der Waals surface area (Å²) in [5.41, 5.74) is 4.29. The summed E-state index contributed by atoms with van der Waals surface area (Å²) in [5, 5.41) is 2.28. The van der Waals surface area contributed by atoms with Gasteiger partial charge in [-0.05, 0) is 24.3 Å². The van der Waals surface area contributed by atoms with Gasteiger partial charge >= 0.3 is 12.2 Å². The van der Waals surface area contributed by atoms with Crippen molar-refractivity contribution in [3.05, 3.63) is 29.8 Å². The van der Waals surface area contributed by atoms with Gasteiger partial charge in [0.2, 0.25) is 0 Å². The molecule has 88 valence electrons. The van der Waals surface area contributed by atoms with Crippen LogP contribution in [0, 0.1) is 0 Å². The summed E-state index contributed by atoms with van der Waals surface area (Å²) >= 11 is 0. The summed E-state index contributed by atoms with van der Waals surface area (Å²) in [6.45, 7) is 0. The van der Waals surface area contributed by atoms with E-state index in [4.69, 9.17) is 0 Å². The molecular formula is C9H10F3N3O. The number of hydrazine groups is 1. The van der Waals surface area contributed by atoms with Crippen LogP contribution in [0.2, 0.25) is 0 Å². The second-order valence-electron chi connectivity index (χ2n) is 2.90. The molecule has 1 aromatic rings. The van der Waals surface area contributed by atoms with Gasteiger partial charge in [0.15, 0.2) is 0 Å². The minimum atomic E-state index is -4.35. The van der Waals surface area contributed by atoms with E-state index in [2.05, 4.69) is 16.2 Å². The predicted molar refractivity (Wildman–Crippen MR) is 52.7 cm³/mol. The Hall–Kier alpha value is -1.92. The Kier molecular flexibility index (Phi) is 3.60. The molecule has 0 saturated heterocycles. The second kappa shape index (κ2) is 4.73. The van der Waals surface area contributed by atoms with Gasteiger partial charge in [-0.25, -0.2) is 4.79 Å². The highest BCUT2D eigenvalue weighted by Gasteiger charge is 2.29. The van der Waals surface area contributed by atoms with Crippen LogP contribution in [-0.2, 0) is 6.18 Å². The molecule has 0 aliphatic heterocycles. The highest BCUT2D eigenvalue weighted by molar-refractivity contribution is 5.75. The van der Waals surface area contributed by atoms with Gasteiger partial charge in [-0.15, -0.1) is 0 Å². The zero-order valence-electron chi connectivity index (χ0n) is 8.35. The van der Waals surface area contributed by atoms with Crippen LogP contribution < -0.4 is 16.2 Å². The standard InChI is InChI=1S/C9H10F3N3O/c1-13-8(16)15-14-7-4-2-6(3-5-7)9(10,11)12/h2-5,14H,1H3,(H2,13,15,16). The van der Waals surface area contributed by atoms with Crippen molar-refractivity contribution >= 4 is 11.7 Å². The maximum atomic E-state index is 12.2. The number of alkyl halides is 3. The average molecular weight is 233 g/mol. The third-order valence-corrected chi connectivity index (χ3v) is 1.76. The van der Waals surface area contributed by atoms with Gasteiger partial charge in [0.05, 0.1) is 11.3 Å². The fraction of sp³-hybridized carbons (Fsp3) is 0.222. The van der Waals surface area contributed by atoms with Gasteiger partial charge in [-0.3, -0.25) is 10.9 Å². The normalized spacial score (nSPS) is 10.8. The molecule has 1 aromatic carbocycles. The van der Waals surface area contributed by atoms with E-state index in [-0.39, 0.29) is 0 Å². The van der Waals surface area contributed by atoms with Gasteiger partial charge < -0.3 is 5.32 Å². The second-order valence-corrected chi connectivity index (χ2v) is 2.90. The molecule has 0 atom stereocenters. The van der Waals surface area contributed by atoms with Crippen LogP contribution in [0.25, 0.3) is 0 Å². The number of carbonyl (C=O) groups excluding carboxylic acids is 1. The van der Waals surface area contributed by atoms with Gasteiger partial charge in [0.1, 0.15) is 0 Å². The largest absolute Gasteiger partial charge is 0.416 e. The van der Waals surface area contributed by atoms with Crippen LogP contribution in [0.3, 0.4) is 0 Å². The SMILES string of the molecule is CNC(=O)NNc1ccc(C(F)(F)F)cc1. The van der Waals surface area contributed by atoms with Crippen molar-refractivity contribution in [2.24, 2.45) is 0 Å². The van der Waals surface area contributed by atoms with Crippen LogP contribution >= 0.6 is 0 Å². The van der Waals surface area contributed by atoms with Crippen LogP contribution in [0.4, 0.5) is 23.7 Å². The molecule has 0 aliphatic carbocycles. The molecule has 0 bridgehead atoms.